The Bertz CT molecular complexity index is 1540. The number of aromatic nitrogens is 2. The Morgan fingerprint density at radius 2 is 1.83 bits per heavy atom. The second kappa shape index (κ2) is 13.1. The van der Waals surface area contributed by atoms with Gasteiger partial charge in [0, 0.05) is 40.9 Å². The van der Waals surface area contributed by atoms with Crippen LogP contribution in [0.4, 0.5) is 5.13 Å². The van der Waals surface area contributed by atoms with Crippen molar-refractivity contribution < 1.29 is 14.1 Å². The molecule has 2 aromatic carbocycles. The summed E-state index contributed by atoms with van der Waals surface area (Å²) in [5.74, 6) is 1.26. The lowest BCUT2D eigenvalue weighted by molar-refractivity contribution is 0.0246. The molecule has 3 aliphatic rings. The molecule has 4 aromatic rings. The molecule has 3 heterocycles. The molecule has 11 heteroatoms. The number of fused-ring (bicyclic) bond motifs is 1. The summed E-state index contributed by atoms with van der Waals surface area (Å²) in [6, 6.07) is 11.2. The van der Waals surface area contributed by atoms with Crippen LogP contribution >= 0.6 is 46.5 Å². The van der Waals surface area contributed by atoms with Crippen LogP contribution in [0.5, 0.6) is 0 Å². The van der Waals surface area contributed by atoms with Crippen molar-refractivity contribution in [2.24, 2.45) is 0 Å². The van der Waals surface area contributed by atoms with Crippen LogP contribution in [0.15, 0.2) is 40.9 Å². The van der Waals surface area contributed by atoms with E-state index in [1.807, 2.05) is 50.2 Å². The van der Waals surface area contributed by atoms with Crippen molar-refractivity contribution in [3.63, 3.8) is 0 Å². The Hall–Kier alpha value is -2.30. The number of nitrogens with zero attached hydrogens (tertiary/aromatic N) is 3. The zero-order valence-electron chi connectivity index (χ0n) is 23.7. The molecule has 0 unspecified atom stereocenters. The first-order chi connectivity index (χ1) is 20.5. The van der Waals surface area contributed by atoms with Gasteiger partial charge in [-0.1, -0.05) is 59.6 Å². The van der Waals surface area contributed by atoms with Gasteiger partial charge in [-0.3, -0.25) is 9.52 Å². The van der Waals surface area contributed by atoms with E-state index in [9.17, 15) is 4.79 Å². The molecule has 7 rings (SSSR count). The minimum absolute atomic E-state index is 0.0376. The van der Waals surface area contributed by atoms with E-state index in [0.29, 0.717) is 44.6 Å². The monoisotopic (exact) mass is 644 g/mol. The minimum atomic E-state index is -0.0376. The van der Waals surface area contributed by atoms with Crippen LogP contribution < -0.4 is 9.62 Å². The topological polar surface area (TPSA) is 80.5 Å². The summed E-state index contributed by atoms with van der Waals surface area (Å²) >= 11 is 16.2. The zero-order chi connectivity index (χ0) is 29.2. The summed E-state index contributed by atoms with van der Waals surface area (Å²) in [6.45, 7) is 6.14. The third kappa shape index (κ3) is 6.60. The van der Waals surface area contributed by atoms with E-state index >= 15 is 0 Å². The van der Waals surface area contributed by atoms with Crippen molar-refractivity contribution in [2.45, 2.75) is 76.3 Å². The van der Waals surface area contributed by atoms with Gasteiger partial charge in [0.1, 0.15) is 11.5 Å². The van der Waals surface area contributed by atoms with Gasteiger partial charge in [-0.05, 0) is 80.8 Å². The summed E-state index contributed by atoms with van der Waals surface area (Å²) in [5, 5.41) is 7.05. The lowest BCUT2D eigenvalue weighted by Crippen LogP contribution is -2.36. The molecule has 0 spiro atoms. The Morgan fingerprint density at radius 3 is 2.52 bits per heavy atom. The Labute approximate surface area is 264 Å². The maximum Gasteiger partial charge on any atom is 0.261 e. The number of ether oxygens (including phenoxy) is 1. The van der Waals surface area contributed by atoms with Gasteiger partial charge in [0.2, 0.25) is 0 Å². The van der Waals surface area contributed by atoms with Crippen LogP contribution in [-0.2, 0) is 11.3 Å². The van der Waals surface area contributed by atoms with Crippen molar-refractivity contribution in [3.8, 4) is 11.3 Å². The number of rotatable bonds is 9. The third-order valence-electron chi connectivity index (χ3n) is 7.62. The molecule has 42 heavy (non-hydrogen) atoms. The smallest absolute Gasteiger partial charge is 0.261 e. The molecule has 2 saturated carbocycles. The minimum Gasteiger partial charge on any atom is -0.373 e. The van der Waals surface area contributed by atoms with Gasteiger partial charge in [-0.25, -0.2) is 4.98 Å². The molecule has 0 bridgehead atoms. The number of halogens is 2. The average Bonchev–Trinajstić information content (AvgIpc) is 3.95. The highest BCUT2D eigenvalue weighted by Crippen LogP contribution is 2.46. The van der Waals surface area contributed by atoms with Gasteiger partial charge in [-0.2, -0.15) is 0 Å². The second-order valence-electron chi connectivity index (χ2n) is 10.7. The van der Waals surface area contributed by atoms with Gasteiger partial charge in [0.25, 0.3) is 5.91 Å². The van der Waals surface area contributed by atoms with Crippen LogP contribution in [0.1, 0.15) is 80.0 Å². The summed E-state index contributed by atoms with van der Waals surface area (Å²) in [7, 11) is 0. The molecule has 0 atom stereocenters. The maximum absolute atomic E-state index is 12.5. The van der Waals surface area contributed by atoms with E-state index in [1.165, 1.54) is 24.8 Å². The predicted octanol–water partition coefficient (Wildman–Crippen LogP) is 8.89. The molecule has 0 radical (unpaired) electrons. The van der Waals surface area contributed by atoms with E-state index in [2.05, 4.69) is 14.8 Å². The molecule has 7 nitrogen and oxygen atoms in total. The molecule has 1 aliphatic heterocycles. The third-order valence-corrected chi connectivity index (χ3v) is 10.4. The fourth-order valence-corrected chi connectivity index (χ4v) is 7.43. The number of benzene rings is 2. The van der Waals surface area contributed by atoms with Gasteiger partial charge in [0.05, 0.1) is 33.0 Å². The van der Waals surface area contributed by atoms with Crippen molar-refractivity contribution in [3.05, 3.63) is 63.3 Å². The molecule has 2 aromatic heterocycles. The number of thiazole rings is 1. The molecular weight excluding hydrogens is 611 g/mol. The van der Waals surface area contributed by atoms with Gasteiger partial charge >= 0.3 is 0 Å². The van der Waals surface area contributed by atoms with Crippen molar-refractivity contribution in [2.75, 3.05) is 18.0 Å². The first kappa shape index (κ1) is 29.8. The van der Waals surface area contributed by atoms with E-state index in [4.69, 9.17) is 37.4 Å². The van der Waals surface area contributed by atoms with Gasteiger partial charge < -0.3 is 14.2 Å². The summed E-state index contributed by atoms with van der Waals surface area (Å²) in [5.41, 5.74) is 3.95. The van der Waals surface area contributed by atoms with Gasteiger partial charge in [-0.15, -0.1) is 0 Å². The van der Waals surface area contributed by atoms with Crippen LogP contribution in [0.25, 0.3) is 21.5 Å². The highest BCUT2D eigenvalue weighted by Gasteiger charge is 2.34. The number of anilines is 1. The molecule has 1 N–H and O–H groups in total. The second-order valence-corrected chi connectivity index (χ2v) is 13.6. The van der Waals surface area contributed by atoms with E-state index < -0.39 is 0 Å². The van der Waals surface area contributed by atoms with E-state index in [0.717, 1.165) is 65.4 Å². The number of hydrogen-bond acceptors (Lipinski definition) is 8. The normalized spacial score (nSPS) is 17.3. The van der Waals surface area contributed by atoms with Crippen molar-refractivity contribution in [1.29, 1.82) is 0 Å². The lowest BCUT2D eigenvalue weighted by Gasteiger charge is -2.31. The molecule has 2 aliphatic carbocycles. The van der Waals surface area contributed by atoms with Crippen LogP contribution in [0, 0.1) is 0 Å². The molecule has 222 valence electrons. The molecule has 1 amide bonds. The predicted molar refractivity (Wildman–Crippen MR) is 173 cm³/mol. The van der Waals surface area contributed by atoms with E-state index in [-0.39, 0.29) is 12.0 Å². The highest BCUT2D eigenvalue weighted by molar-refractivity contribution is 7.98. The number of nitrogens with one attached hydrogen (secondary N) is 1. The SMILES string of the molecule is CC.O=C(NSC1CC1)c1ccc2nc(N3CCC(OCc4c(-c5c(Cl)cccc5Cl)noc4C4CC4)CC3)sc2c1. The first-order valence-corrected chi connectivity index (χ1v) is 17.1. The first-order valence-electron chi connectivity index (χ1n) is 14.7. The van der Waals surface area contributed by atoms with Crippen LogP contribution in [0.2, 0.25) is 10.0 Å². The standard InChI is InChI=1S/C29H28Cl2N4O3S2.C2H6/c30-21-2-1-3-22(31)25(21)26-20(27(38-33-26)16-4-5-16)15-37-18-10-12-35(13-11-18)29-32-23-9-6-17(14-24(23)39-29)28(36)34-40-19-7-8-19;1-2/h1-3,6,9,14,16,18-19H,4-5,7-8,10-13,15H2,(H,34,36);1-2H3. The average molecular weight is 646 g/mol. The van der Waals surface area contributed by atoms with Crippen LogP contribution in [0.3, 0.4) is 0 Å². The summed E-state index contributed by atoms with van der Waals surface area (Å²) in [6.07, 6.45) is 6.49. The number of piperidine rings is 1. The van der Waals surface area contributed by atoms with E-state index in [1.54, 1.807) is 11.3 Å². The van der Waals surface area contributed by atoms with Gasteiger partial charge in [0.15, 0.2) is 5.13 Å². The van der Waals surface area contributed by atoms with Crippen molar-refractivity contribution >= 4 is 67.7 Å². The Kier molecular flexibility index (Phi) is 9.31. The highest BCUT2D eigenvalue weighted by atomic mass is 35.5. The summed E-state index contributed by atoms with van der Waals surface area (Å²) < 4.78 is 16.2. The largest absolute Gasteiger partial charge is 0.373 e. The fraction of sp³-hybridized carbons (Fsp3) is 0.452. The number of carbonyl (C=O) groups excluding carboxylic acids is 1. The quantitative estimate of drug-likeness (QED) is 0.182. The number of hydrogen-bond donors (Lipinski definition) is 1. The molecule has 3 fully saturated rings. The number of amides is 1. The molecular formula is C31H34Cl2N4O3S2. The van der Waals surface area contributed by atoms with Crippen molar-refractivity contribution in [1.82, 2.24) is 14.9 Å². The lowest BCUT2D eigenvalue weighted by atomic mass is 10.0. The maximum atomic E-state index is 12.5. The van der Waals surface area contributed by atoms with Crippen LogP contribution in [-0.4, -0.2) is 40.5 Å². The number of carbonyl (C=O) groups is 1. The molecule has 1 saturated heterocycles. The summed E-state index contributed by atoms with van der Waals surface area (Å²) in [4.78, 5) is 19.7. The Balaban J connectivity index is 0.00000155. The Morgan fingerprint density at radius 1 is 1.10 bits per heavy atom. The fourth-order valence-electron chi connectivity index (χ4n) is 5.03. The zero-order valence-corrected chi connectivity index (χ0v) is 26.8.